The zero-order valence-electron chi connectivity index (χ0n) is 7.97. The summed E-state index contributed by atoms with van der Waals surface area (Å²) in [6.07, 6.45) is 3.31. The monoisotopic (exact) mass is 204 g/mol. The number of carboxylic acid groups (broad SMARTS) is 1. The first kappa shape index (κ1) is 9.39. The van der Waals surface area contributed by atoms with Crippen LogP contribution in [0.5, 0.6) is 0 Å². The number of nitrogens with zero attached hydrogens (tertiary/aromatic N) is 2. The van der Waals surface area contributed by atoms with Gasteiger partial charge in [0.15, 0.2) is 0 Å². The smallest absolute Gasteiger partial charge is 0.374 e. The number of rotatable bonds is 2. The molecule has 0 bridgehead atoms. The molecule has 0 spiro atoms. The third kappa shape index (κ3) is 1.71. The summed E-state index contributed by atoms with van der Waals surface area (Å²) in [7, 11) is 0. The summed E-state index contributed by atoms with van der Waals surface area (Å²) in [4.78, 5) is 14.5. The van der Waals surface area contributed by atoms with Gasteiger partial charge in [-0.2, -0.15) is 0 Å². The van der Waals surface area contributed by atoms with Crippen LogP contribution in [-0.2, 0) is 0 Å². The summed E-state index contributed by atoms with van der Waals surface area (Å²) < 4.78 is 4.67. The van der Waals surface area contributed by atoms with Crippen LogP contribution in [0.2, 0.25) is 0 Å². The summed E-state index contributed by atoms with van der Waals surface area (Å²) in [6, 6.07) is 3.16. The van der Waals surface area contributed by atoms with E-state index in [1.54, 1.807) is 18.5 Å². The Hall–Kier alpha value is -2.17. The SMILES string of the molecule is Cc1cnccc1-c1cc(C(=O)O)on1. The normalized spacial score (nSPS) is 10.2. The van der Waals surface area contributed by atoms with Crippen molar-refractivity contribution in [3.63, 3.8) is 0 Å². The van der Waals surface area contributed by atoms with Gasteiger partial charge in [-0.15, -0.1) is 0 Å². The quantitative estimate of drug-likeness (QED) is 0.806. The van der Waals surface area contributed by atoms with Crippen LogP contribution in [0, 0.1) is 6.92 Å². The van der Waals surface area contributed by atoms with Crippen molar-refractivity contribution in [3.05, 3.63) is 35.9 Å². The molecule has 0 fully saturated rings. The van der Waals surface area contributed by atoms with Crippen molar-refractivity contribution in [2.24, 2.45) is 0 Å². The van der Waals surface area contributed by atoms with E-state index in [0.717, 1.165) is 11.1 Å². The van der Waals surface area contributed by atoms with Crippen LogP contribution >= 0.6 is 0 Å². The van der Waals surface area contributed by atoms with Crippen LogP contribution in [0.4, 0.5) is 0 Å². The lowest BCUT2D eigenvalue weighted by Gasteiger charge is -1.98. The van der Waals surface area contributed by atoms with Gasteiger partial charge in [-0.1, -0.05) is 5.16 Å². The average Bonchev–Trinajstić information content (AvgIpc) is 2.67. The molecule has 0 aromatic carbocycles. The molecule has 2 aromatic heterocycles. The van der Waals surface area contributed by atoms with Gasteiger partial charge in [-0.3, -0.25) is 4.98 Å². The van der Waals surface area contributed by atoms with Crippen LogP contribution in [-0.4, -0.2) is 21.2 Å². The number of hydrogen-bond donors (Lipinski definition) is 1. The van der Waals surface area contributed by atoms with E-state index < -0.39 is 5.97 Å². The predicted molar refractivity (Wildman–Crippen MR) is 51.4 cm³/mol. The number of aromatic carboxylic acids is 1. The molecule has 0 amide bonds. The van der Waals surface area contributed by atoms with Gasteiger partial charge in [-0.25, -0.2) is 4.79 Å². The largest absolute Gasteiger partial charge is 0.475 e. The Kier molecular flexibility index (Phi) is 2.21. The topological polar surface area (TPSA) is 76.2 Å². The second kappa shape index (κ2) is 3.53. The van der Waals surface area contributed by atoms with Crippen molar-refractivity contribution in [3.8, 4) is 11.3 Å². The molecule has 5 heteroatoms. The van der Waals surface area contributed by atoms with Crippen LogP contribution in [0.1, 0.15) is 16.1 Å². The lowest BCUT2D eigenvalue weighted by atomic mass is 10.1. The van der Waals surface area contributed by atoms with E-state index in [4.69, 9.17) is 5.11 Å². The molecular weight excluding hydrogens is 196 g/mol. The van der Waals surface area contributed by atoms with E-state index in [1.165, 1.54) is 6.07 Å². The Labute approximate surface area is 85.4 Å². The Balaban J connectivity index is 2.46. The van der Waals surface area contributed by atoms with Crippen molar-refractivity contribution >= 4 is 5.97 Å². The number of carbonyl (C=O) groups is 1. The Morgan fingerprint density at radius 3 is 2.93 bits per heavy atom. The number of hydrogen-bond acceptors (Lipinski definition) is 4. The highest BCUT2D eigenvalue weighted by molar-refractivity contribution is 5.85. The molecule has 0 radical (unpaired) electrons. The lowest BCUT2D eigenvalue weighted by molar-refractivity contribution is 0.0652. The molecule has 2 rings (SSSR count). The van der Waals surface area contributed by atoms with Gasteiger partial charge in [0.1, 0.15) is 5.69 Å². The Morgan fingerprint density at radius 2 is 2.33 bits per heavy atom. The second-order valence-corrected chi connectivity index (χ2v) is 3.07. The molecule has 2 heterocycles. The molecule has 0 aliphatic rings. The van der Waals surface area contributed by atoms with Crippen molar-refractivity contribution in [2.75, 3.05) is 0 Å². The number of aryl methyl sites for hydroxylation is 1. The molecule has 76 valence electrons. The first-order chi connectivity index (χ1) is 7.18. The van der Waals surface area contributed by atoms with Gasteiger partial charge >= 0.3 is 5.97 Å². The van der Waals surface area contributed by atoms with E-state index in [0.29, 0.717) is 5.69 Å². The lowest BCUT2D eigenvalue weighted by Crippen LogP contribution is -1.91. The molecule has 0 aliphatic carbocycles. The fourth-order valence-electron chi connectivity index (χ4n) is 1.26. The van der Waals surface area contributed by atoms with Crippen molar-refractivity contribution in [2.45, 2.75) is 6.92 Å². The van der Waals surface area contributed by atoms with Gasteiger partial charge in [0.25, 0.3) is 0 Å². The van der Waals surface area contributed by atoms with E-state index in [9.17, 15) is 4.79 Å². The molecule has 0 atom stereocenters. The summed E-state index contributed by atoms with van der Waals surface area (Å²) in [5, 5.41) is 12.4. The first-order valence-corrected chi connectivity index (χ1v) is 4.29. The van der Waals surface area contributed by atoms with Gasteiger partial charge < -0.3 is 9.63 Å². The maximum absolute atomic E-state index is 10.6. The summed E-state index contributed by atoms with van der Waals surface area (Å²) in [6.45, 7) is 1.87. The zero-order chi connectivity index (χ0) is 10.8. The molecule has 0 unspecified atom stereocenters. The van der Waals surface area contributed by atoms with Crippen molar-refractivity contribution in [1.29, 1.82) is 0 Å². The molecule has 0 aliphatic heterocycles. The van der Waals surface area contributed by atoms with E-state index in [1.807, 2.05) is 6.92 Å². The summed E-state index contributed by atoms with van der Waals surface area (Å²) >= 11 is 0. The van der Waals surface area contributed by atoms with E-state index in [2.05, 4.69) is 14.7 Å². The third-order valence-electron chi connectivity index (χ3n) is 2.02. The maximum Gasteiger partial charge on any atom is 0.374 e. The van der Waals surface area contributed by atoms with Gasteiger partial charge in [0.05, 0.1) is 0 Å². The van der Waals surface area contributed by atoms with Crippen molar-refractivity contribution in [1.82, 2.24) is 10.1 Å². The number of aromatic nitrogens is 2. The van der Waals surface area contributed by atoms with Gasteiger partial charge in [0.2, 0.25) is 5.76 Å². The fourth-order valence-corrected chi connectivity index (χ4v) is 1.26. The minimum absolute atomic E-state index is 0.166. The standard InChI is InChI=1S/C10H8N2O3/c1-6-5-11-3-2-7(6)8-4-9(10(13)14)15-12-8/h2-5H,1H3,(H,13,14). The first-order valence-electron chi connectivity index (χ1n) is 4.29. The number of carboxylic acids is 1. The fraction of sp³-hybridized carbons (Fsp3) is 0.100. The highest BCUT2D eigenvalue weighted by atomic mass is 16.5. The van der Waals surface area contributed by atoms with Gasteiger partial charge in [-0.05, 0) is 18.6 Å². The molecule has 5 nitrogen and oxygen atoms in total. The van der Waals surface area contributed by atoms with Crippen LogP contribution in [0.15, 0.2) is 29.0 Å². The minimum Gasteiger partial charge on any atom is -0.475 e. The van der Waals surface area contributed by atoms with Crippen LogP contribution in [0.25, 0.3) is 11.3 Å². The summed E-state index contributed by atoms with van der Waals surface area (Å²) in [5.41, 5.74) is 2.25. The average molecular weight is 204 g/mol. The third-order valence-corrected chi connectivity index (χ3v) is 2.02. The molecule has 2 aromatic rings. The molecular formula is C10H8N2O3. The highest BCUT2D eigenvalue weighted by Crippen LogP contribution is 2.21. The molecule has 0 saturated heterocycles. The Morgan fingerprint density at radius 1 is 1.53 bits per heavy atom. The van der Waals surface area contributed by atoms with E-state index >= 15 is 0 Å². The predicted octanol–water partition coefficient (Wildman–Crippen LogP) is 1.74. The Bertz CT molecular complexity index is 505. The van der Waals surface area contributed by atoms with Crippen molar-refractivity contribution < 1.29 is 14.4 Å². The molecule has 15 heavy (non-hydrogen) atoms. The van der Waals surface area contributed by atoms with Crippen LogP contribution in [0.3, 0.4) is 0 Å². The maximum atomic E-state index is 10.6. The van der Waals surface area contributed by atoms with E-state index in [-0.39, 0.29) is 5.76 Å². The zero-order valence-corrected chi connectivity index (χ0v) is 7.97. The molecule has 1 N–H and O–H groups in total. The second-order valence-electron chi connectivity index (χ2n) is 3.07. The van der Waals surface area contributed by atoms with Crippen LogP contribution < -0.4 is 0 Å². The number of pyridine rings is 1. The van der Waals surface area contributed by atoms with Gasteiger partial charge in [0, 0.05) is 24.0 Å². The highest BCUT2D eigenvalue weighted by Gasteiger charge is 2.13. The molecule has 0 saturated carbocycles. The minimum atomic E-state index is -1.12. The summed E-state index contributed by atoms with van der Waals surface area (Å²) in [5.74, 6) is -1.29.